The number of alkyl halides is 3. The van der Waals surface area contributed by atoms with E-state index in [0.29, 0.717) is 37.2 Å². The van der Waals surface area contributed by atoms with Crippen LogP contribution in [0.25, 0.3) is 5.69 Å². The van der Waals surface area contributed by atoms with Gasteiger partial charge in [0.2, 0.25) is 0 Å². The summed E-state index contributed by atoms with van der Waals surface area (Å²) in [7, 11) is 0. The molecule has 8 heteroatoms. The number of piperidine rings is 1. The number of hydrogen-bond donors (Lipinski definition) is 1. The molecule has 1 aliphatic heterocycles. The fourth-order valence-electron chi connectivity index (χ4n) is 3.61. The number of aliphatic hydroxyl groups is 1. The quantitative estimate of drug-likeness (QED) is 0.785. The van der Waals surface area contributed by atoms with Crippen molar-refractivity contribution in [2.24, 2.45) is 0 Å². The average Bonchev–Trinajstić information content (AvgIpc) is 2.91. The van der Waals surface area contributed by atoms with Gasteiger partial charge in [0.05, 0.1) is 12.6 Å². The van der Waals surface area contributed by atoms with Gasteiger partial charge < -0.3 is 14.4 Å². The lowest BCUT2D eigenvalue weighted by atomic mass is 10.1. The highest BCUT2D eigenvalue weighted by Crippen LogP contribution is 2.26. The molecule has 3 rings (SSSR count). The van der Waals surface area contributed by atoms with Crippen molar-refractivity contribution in [3.8, 4) is 11.4 Å². The summed E-state index contributed by atoms with van der Waals surface area (Å²) >= 11 is 0. The Morgan fingerprint density at radius 1 is 1.18 bits per heavy atom. The van der Waals surface area contributed by atoms with Crippen molar-refractivity contribution >= 4 is 5.78 Å². The molecular formula is C20H23F3N2O3. The Labute approximate surface area is 161 Å². The normalized spacial score (nSPS) is 16.4. The van der Waals surface area contributed by atoms with E-state index in [4.69, 9.17) is 0 Å². The lowest BCUT2D eigenvalue weighted by Gasteiger charge is -2.28. The molecule has 0 bridgehead atoms. The number of benzene rings is 1. The lowest BCUT2D eigenvalue weighted by molar-refractivity contribution is -0.274. The minimum atomic E-state index is -4.73. The number of ether oxygens (including phenoxy) is 1. The second kappa shape index (κ2) is 7.97. The fraction of sp³-hybridized carbons (Fsp3) is 0.450. The number of carbonyl (C=O) groups is 1. The van der Waals surface area contributed by atoms with Gasteiger partial charge in [-0.25, -0.2) is 0 Å². The van der Waals surface area contributed by atoms with Crippen molar-refractivity contribution < 1.29 is 27.8 Å². The van der Waals surface area contributed by atoms with Crippen LogP contribution < -0.4 is 4.74 Å². The Kier molecular flexibility index (Phi) is 5.81. The Balaban J connectivity index is 1.77. The molecule has 0 radical (unpaired) electrons. The summed E-state index contributed by atoms with van der Waals surface area (Å²) in [6.45, 7) is 5.33. The predicted molar refractivity (Wildman–Crippen MR) is 97.9 cm³/mol. The largest absolute Gasteiger partial charge is 0.573 e. The molecule has 2 aromatic rings. The van der Waals surface area contributed by atoms with Gasteiger partial charge in [-0.2, -0.15) is 0 Å². The number of Topliss-reactive ketones (excluding diaryl/α,β-unsaturated/α-hetero) is 1. The van der Waals surface area contributed by atoms with Gasteiger partial charge in [-0.1, -0.05) is 0 Å². The number of likely N-dealkylation sites (tertiary alicyclic amines) is 1. The van der Waals surface area contributed by atoms with Gasteiger partial charge in [-0.05, 0) is 57.0 Å². The van der Waals surface area contributed by atoms with E-state index < -0.39 is 6.36 Å². The van der Waals surface area contributed by atoms with Gasteiger partial charge in [0.1, 0.15) is 5.75 Å². The first-order valence-corrected chi connectivity index (χ1v) is 9.13. The number of halogens is 3. The molecular weight excluding hydrogens is 373 g/mol. The van der Waals surface area contributed by atoms with E-state index in [1.165, 1.54) is 24.3 Å². The van der Waals surface area contributed by atoms with Crippen LogP contribution in [0.15, 0.2) is 30.3 Å². The molecule has 152 valence electrons. The van der Waals surface area contributed by atoms with Crippen molar-refractivity contribution in [2.75, 3.05) is 19.6 Å². The molecule has 2 heterocycles. The van der Waals surface area contributed by atoms with Gasteiger partial charge >= 0.3 is 6.36 Å². The first-order valence-electron chi connectivity index (χ1n) is 9.13. The van der Waals surface area contributed by atoms with Crippen LogP contribution in [0.4, 0.5) is 13.2 Å². The molecule has 0 amide bonds. The zero-order chi connectivity index (χ0) is 20.5. The van der Waals surface area contributed by atoms with E-state index in [-0.39, 0.29) is 24.2 Å². The summed E-state index contributed by atoms with van der Waals surface area (Å²) in [5.41, 5.74) is 2.81. The Morgan fingerprint density at radius 3 is 2.36 bits per heavy atom. The Bertz CT molecular complexity index is 836. The average molecular weight is 396 g/mol. The van der Waals surface area contributed by atoms with Crippen molar-refractivity contribution in [1.82, 2.24) is 9.47 Å². The topological polar surface area (TPSA) is 54.7 Å². The lowest BCUT2D eigenvalue weighted by Crippen LogP contribution is -2.39. The third-order valence-electron chi connectivity index (χ3n) is 4.98. The van der Waals surface area contributed by atoms with Crippen LogP contribution in [-0.2, 0) is 0 Å². The standard InChI is InChI=1S/C20H23F3N2O3/c1-13-11-18(19(27)12-24-9-7-16(26)8-10-24)14(2)25(13)15-3-5-17(6-4-15)28-20(21,22)23/h3-6,11,16,26H,7-10,12H2,1-2H3. The molecule has 0 saturated carbocycles. The Hall–Kier alpha value is -2.32. The number of aromatic nitrogens is 1. The summed E-state index contributed by atoms with van der Waals surface area (Å²) in [5.74, 6) is -0.296. The first kappa shape index (κ1) is 20.4. The van der Waals surface area contributed by atoms with E-state index in [1.807, 2.05) is 23.3 Å². The van der Waals surface area contributed by atoms with Crippen LogP contribution in [0.2, 0.25) is 0 Å². The van der Waals surface area contributed by atoms with Gasteiger partial charge in [0, 0.05) is 35.7 Å². The number of hydrogen-bond acceptors (Lipinski definition) is 4. The monoisotopic (exact) mass is 396 g/mol. The van der Waals surface area contributed by atoms with Crippen molar-refractivity contribution in [2.45, 2.75) is 39.2 Å². The maximum atomic E-state index is 12.8. The Morgan fingerprint density at radius 2 is 1.79 bits per heavy atom. The van der Waals surface area contributed by atoms with Crippen LogP contribution >= 0.6 is 0 Å². The summed E-state index contributed by atoms with van der Waals surface area (Å²) in [6.07, 6.45) is -3.69. The number of rotatable bonds is 5. The second-order valence-electron chi connectivity index (χ2n) is 7.09. The van der Waals surface area contributed by atoms with Gasteiger partial charge in [0.25, 0.3) is 0 Å². The second-order valence-corrected chi connectivity index (χ2v) is 7.09. The molecule has 1 aromatic carbocycles. The maximum absolute atomic E-state index is 12.8. The molecule has 28 heavy (non-hydrogen) atoms. The summed E-state index contributed by atoms with van der Waals surface area (Å²) in [5, 5.41) is 9.58. The number of carbonyl (C=O) groups excluding carboxylic acids is 1. The van der Waals surface area contributed by atoms with E-state index >= 15 is 0 Å². The maximum Gasteiger partial charge on any atom is 0.573 e. The molecule has 5 nitrogen and oxygen atoms in total. The zero-order valence-electron chi connectivity index (χ0n) is 15.8. The van der Waals surface area contributed by atoms with Gasteiger partial charge in [0.15, 0.2) is 5.78 Å². The number of nitrogens with zero attached hydrogens (tertiary/aromatic N) is 2. The number of ketones is 1. The molecule has 1 saturated heterocycles. The van der Waals surface area contributed by atoms with Gasteiger partial charge in [-0.15, -0.1) is 13.2 Å². The van der Waals surface area contributed by atoms with Crippen molar-refractivity contribution in [3.05, 3.63) is 47.3 Å². The number of aryl methyl sites for hydroxylation is 1. The molecule has 1 fully saturated rings. The van der Waals surface area contributed by atoms with Crippen LogP contribution in [0.3, 0.4) is 0 Å². The van der Waals surface area contributed by atoms with E-state index in [2.05, 4.69) is 4.74 Å². The summed E-state index contributed by atoms with van der Waals surface area (Å²) in [4.78, 5) is 14.8. The molecule has 1 aliphatic rings. The van der Waals surface area contributed by atoms with Crippen molar-refractivity contribution in [3.63, 3.8) is 0 Å². The molecule has 0 aliphatic carbocycles. The highest BCUT2D eigenvalue weighted by Gasteiger charge is 2.31. The first-order chi connectivity index (χ1) is 13.1. The molecule has 0 spiro atoms. The smallest absolute Gasteiger partial charge is 0.406 e. The predicted octanol–water partition coefficient (Wildman–Crippen LogP) is 3.63. The minimum Gasteiger partial charge on any atom is -0.406 e. The molecule has 0 atom stereocenters. The van der Waals surface area contributed by atoms with E-state index in [1.54, 1.807) is 6.07 Å². The van der Waals surface area contributed by atoms with E-state index in [9.17, 15) is 23.1 Å². The molecule has 1 aromatic heterocycles. The van der Waals surface area contributed by atoms with Crippen LogP contribution in [0.1, 0.15) is 34.6 Å². The highest BCUT2D eigenvalue weighted by atomic mass is 19.4. The minimum absolute atomic E-state index is 0.00670. The van der Waals surface area contributed by atoms with Crippen LogP contribution in [0, 0.1) is 13.8 Å². The summed E-state index contributed by atoms with van der Waals surface area (Å²) in [6, 6.07) is 7.36. The molecule has 1 N–H and O–H groups in total. The summed E-state index contributed by atoms with van der Waals surface area (Å²) < 4.78 is 42.7. The molecule has 0 unspecified atom stereocenters. The van der Waals surface area contributed by atoms with E-state index in [0.717, 1.165) is 11.4 Å². The van der Waals surface area contributed by atoms with Crippen molar-refractivity contribution in [1.29, 1.82) is 0 Å². The van der Waals surface area contributed by atoms with Gasteiger partial charge in [-0.3, -0.25) is 9.69 Å². The SMILES string of the molecule is Cc1cc(C(=O)CN2CCC(O)CC2)c(C)n1-c1ccc(OC(F)(F)F)cc1. The van der Waals surface area contributed by atoms with Crippen LogP contribution in [0.5, 0.6) is 5.75 Å². The third-order valence-corrected chi connectivity index (χ3v) is 4.98. The third kappa shape index (κ3) is 4.74. The van der Waals surface area contributed by atoms with Crippen LogP contribution in [-0.4, -0.2) is 52.5 Å². The zero-order valence-corrected chi connectivity index (χ0v) is 15.8. The fourth-order valence-corrected chi connectivity index (χ4v) is 3.61. The highest BCUT2D eigenvalue weighted by molar-refractivity contribution is 5.99. The number of aliphatic hydroxyl groups excluding tert-OH is 1.